The van der Waals surface area contributed by atoms with Crippen LogP contribution in [0.4, 0.5) is 10.5 Å². The summed E-state index contributed by atoms with van der Waals surface area (Å²) >= 11 is 1.23. The van der Waals surface area contributed by atoms with Crippen LogP contribution in [-0.2, 0) is 19.4 Å². The van der Waals surface area contributed by atoms with Crippen LogP contribution in [0.25, 0.3) is 0 Å². The molecule has 2 heterocycles. The first kappa shape index (κ1) is 24.2. The number of nitrogens with zero attached hydrogens (tertiary/aromatic N) is 2. The summed E-state index contributed by atoms with van der Waals surface area (Å²) in [5, 5.41) is 2.45. The Hall–Kier alpha value is -2.47. The van der Waals surface area contributed by atoms with Gasteiger partial charge in [0.25, 0.3) is 5.91 Å². The van der Waals surface area contributed by atoms with Gasteiger partial charge in [-0.1, -0.05) is 11.8 Å². The number of benzene rings is 1. The van der Waals surface area contributed by atoms with E-state index in [0.717, 1.165) is 0 Å². The molecule has 3 rings (SSSR count). The zero-order chi connectivity index (χ0) is 23.7. The third kappa shape index (κ3) is 5.66. The summed E-state index contributed by atoms with van der Waals surface area (Å²) in [7, 11) is -0.195. The predicted octanol–water partition coefficient (Wildman–Crippen LogP) is 1.83. The molecule has 10 nitrogen and oxygen atoms in total. The quantitative estimate of drug-likeness (QED) is 0.665. The number of fused-ring (bicyclic) bond motifs is 1. The second-order valence-electron chi connectivity index (χ2n) is 8.35. The van der Waals surface area contributed by atoms with Gasteiger partial charge in [-0.05, 0) is 32.9 Å². The van der Waals surface area contributed by atoms with Crippen molar-refractivity contribution in [3.05, 3.63) is 18.2 Å². The van der Waals surface area contributed by atoms with Gasteiger partial charge in [0.1, 0.15) is 23.6 Å². The molecule has 1 aromatic carbocycles. The Morgan fingerprint density at radius 2 is 1.94 bits per heavy atom. The van der Waals surface area contributed by atoms with Crippen LogP contribution >= 0.6 is 11.8 Å². The van der Waals surface area contributed by atoms with Crippen molar-refractivity contribution in [2.75, 3.05) is 37.2 Å². The third-order valence-corrected chi connectivity index (χ3v) is 7.93. The molecule has 2 aliphatic rings. The SMILES string of the molecule is COc1ccc(OC)c(N2C(=NC(=O)CNC(=O)OC(C)(C)C)S[C@@H]3CS(=O)(=O)C[C@@H]32)c1. The largest absolute Gasteiger partial charge is 0.497 e. The van der Waals surface area contributed by atoms with Gasteiger partial charge >= 0.3 is 6.09 Å². The Morgan fingerprint density at radius 3 is 2.56 bits per heavy atom. The maximum absolute atomic E-state index is 12.5. The zero-order valence-corrected chi connectivity index (χ0v) is 20.2. The van der Waals surface area contributed by atoms with Crippen LogP contribution in [0.1, 0.15) is 20.8 Å². The highest BCUT2D eigenvalue weighted by Gasteiger charge is 2.50. The lowest BCUT2D eigenvalue weighted by molar-refractivity contribution is -0.117. The average Bonchev–Trinajstić information content (AvgIpc) is 3.15. The number of sulfone groups is 1. The minimum Gasteiger partial charge on any atom is -0.497 e. The molecule has 0 unspecified atom stereocenters. The van der Waals surface area contributed by atoms with E-state index in [1.165, 1.54) is 26.0 Å². The number of nitrogens with one attached hydrogen (secondary N) is 1. The molecule has 1 N–H and O–H groups in total. The molecule has 2 amide bonds. The van der Waals surface area contributed by atoms with E-state index in [1.54, 1.807) is 43.9 Å². The number of aliphatic imine (C=N–C) groups is 1. The van der Waals surface area contributed by atoms with Gasteiger partial charge in [-0.15, -0.1) is 0 Å². The van der Waals surface area contributed by atoms with E-state index < -0.39 is 33.5 Å². The monoisotopic (exact) mass is 485 g/mol. The molecular formula is C20H27N3O7S2. The van der Waals surface area contributed by atoms with E-state index >= 15 is 0 Å². The van der Waals surface area contributed by atoms with Crippen molar-refractivity contribution in [3.8, 4) is 11.5 Å². The highest BCUT2D eigenvalue weighted by Crippen LogP contribution is 2.44. The summed E-state index contributed by atoms with van der Waals surface area (Å²) in [4.78, 5) is 30.2. The summed E-state index contributed by atoms with van der Waals surface area (Å²) in [6.45, 7) is 4.80. The molecule has 0 saturated carbocycles. The van der Waals surface area contributed by atoms with Crippen molar-refractivity contribution in [2.45, 2.75) is 37.7 Å². The molecule has 12 heteroatoms. The number of rotatable bonds is 5. The van der Waals surface area contributed by atoms with Gasteiger partial charge in [-0.3, -0.25) is 4.79 Å². The van der Waals surface area contributed by atoms with Crippen molar-refractivity contribution >= 4 is 44.5 Å². The van der Waals surface area contributed by atoms with E-state index in [4.69, 9.17) is 14.2 Å². The van der Waals surface area contributed by atoms with Gasteiger partial charge in [0, 0.05) is 11.3 Å². The van der Waals surface area contributed by atoms with Crippen LogP contribution < -0.4 is 19.7 Å². The number of ether oxygens (including phenoxy) is 3. The summed E-state index contributed by atoms with van der Waals surface area (Å²) in [5.41, 5.74) is -0.140. The fraction of sp³-hybridized carbons (Fsp3) is 0.550. The van der Waals surface area contributed by atoms with Gasteiger partial charge < -0.3 is 24.4 Å². The second kappa shape index (κ2) is 9.18. The van der Waals surface area contributed by atoms with E-state index in [-0.39, 0.29) is 23.3 Å². The number of anilines is 1. The Balaban J connectivity index is 1.88. The molecule has 2 aliphatic heterocycles. The number of amidine groups is 1. The zero-order valence-electron chi connectivity index (χ0n) is 18.6. The Kier molecular flexibility index (Phi) is 6.94. The number of carbonyl (C=O) groups excluding carboxylic acids is 2. The number of alkyl carbamates (subject to hydrolysis) is 1. The smallest absolute Gasteiger partial charge is 0.408 e. The van der Waals surface area contributed by atoms with Gasteiger partial charge in [-0.25, -0.2) is 13.2 Å². The molecule has 0 aromatic heterocycles. The van der Waals surface area contributed by atoms with Gasteiger partial charge in [0.15, 0.2) is 15.0 Å². The van der Waals surface area contributed by atoms with Crippen LogP contribution in [0.2, 0.25) is 0 Å². The normalized spacial score (nSPS) is 23.0. The number of carbonyl (C=O) groups is 2. The minimum absolute atomic E-state index is 0.00547. The third-order valence-electron chi connectivity index (χ3n) is 4.72. The van der Waals surface area contributed by atoms with Crippen LogP contribution in [-0.4, -0.2) is 74.7 Å². The maximum Gasteiger partial charge on any atom is 0.408 e. The summed E-state index contributed by atoms with van der Waals surface area (Å²) < 4.78 is 40.4. The molecule has 2 saturated heterocycles. The van der Waals surface area contributed by atoms with E-state index in [1.807, 2.05) is 0 Å². The van der Waals surface area contributed by atoms with Crippen molar-refractivity contribution in [3.63, 3.8) is 0 Å². The standard InChI is InChI=1S/C20H27N3O7S2/c1-20(2,3)30-19(25)21-9-17(24)22-18-23(14-10-32(26,27)11-16(14)31-18)13-8-12(28-4)6-7-15(13)29-5/h6-8,14,16H,9-11H2,1-5H3,(H,21,25)/t14-,16+/m0/s1. The summed E-state index contributed by atoms with van der Waals surface area (Å²) in [6.07, 6.45) is -0.723. The summed E-state index contributed by atoms with van der Waals surface area (Å²) in [5.74, 6) is 0.381. The topological polar surface area (TPSA) is 124 Å². The lowest BCUT2D eigenvalue weighted by atomic mass is 10.2. The second-order valence-corrected chi connectivity index (χ2v) is 11.7. The summed E-state index contributed by atoms with van der Waals surface area (Å²) in [6, 6.07) is 4.74. The molecule has 0 spiro atoms. The maximum atomic E-state index is 12.5. The number of thioether (sulfide) groups is 1. The van der Waals surface area contributed by atoms with Crippen molar-refractivity contribution in [2.24, 2.45) is 4.99 Å². The first-order valence-electron chi connectivity index (χ1n) is 9.89. The first-order chi connectivity index (χ1) is 14.9. The van der Waals surface area contributed by atoms with Crippen molar-refractivity contribution in [1.82, 2.24) is 5.32 Å². The first-order valence-corrected chi connectivity index (χ1v) is 12.6. The van der Waals surface area contributed by atoms with Gasteiger partial charge in [0.2, 0.25) is 0 Å². The molecule has 2 fully saturated rings. The number of hydrogen-bond acceptors (Lipinski definition) is 8. The molecule has 0 bridgehead atoms. The van der Waals surface area contributed by atoms with E-state index in [9.17, 15) is 18.0 Å². The fourth-order valence-electron chi connectivity index (χ4n) is 3.44. The molecule has 0 radical (unpaired) electrons. The lowest BCUT2D eigenvalue weighted by Gasteiger charge is -2.26. The van der Waals surface area contributed by atoms with Gasteiger partial charge in [0.05, 0.1) is 37.5 Å². The number of amides is 2. The minimum atomic E-state index is -3.22. The van der Waals surface area contributed by atoms with E-state index in [0.29, 0.717) is 22.4 Å². The molecule has 176 valence electrons. The average molecular weight is 486 g/mol. The lowest BCUT2D eigenvalue weighted by Crippen LogP contribution is -2.39. The molecule has 32 heavy (non-hydrogen) atoms. The van der Waals surface area contributed by atoms with Crippen LogP contribution in [0.5, 0.6) is 11.5 Å². The highest BCUT2D eigenvalue weighted by atomic mass is 32.2. The Labute approximate surface area is 191 Å². The number of hydrogen-bond donors (Lipinski definition) is 1. The number of methoxy groups -OCH3 is 2. The Morgan fingerprint density at radius 1 is 1.22 bits per heavy atom. The van der Waals surface area contributed by atoms with Crippen LogP contribution in [0.15, 0.2) is 23.2 Å². The molecule has 0 aliphatic carbocycles. The van der Waals surface area contributed by atoms with E-state index in [2.05, 4.69) is 10.3 Å². The van der Waals surface area contributed by atoms with Crippen molar-refractivity contribution < 1.29 is 32.2 Å². The molecular weight excluding hydrogens is 458 g/mol. The Bertz CT molecular complexity index is 1030. The highest BCUT2D eigenvalue weighted by molar-refractivity contribution is 8.16. The molecule has 1 aromatic rings. The van der Waals surface area contributed by atoms with Crippen LogP contribution in [0.3, 0.4) is 0 Å². The van der Waals surface area contributed by atoms with Crippen LogP contribution in [0, 0.1) is 0 Å². The van der Waals surface area contributed by atoms with Crippen molar-refractivity contribution in [1.29, 1.82) is 0 Å². The van der Waals surface area contributed by atoms with Gasteiger partial charge in [-0.2, -0.15) is 4.99 Å². The molecule has 2 atom stereocenters. The fourth-order valence-corrected chi connectivity index (χ4v) is 7.36. The predicted molar refractivity (Wildman–Crippen MR) is 123 cm³/mol.